The first-order valence-electron chi connectivity index (χ1n) is 4.53. The Bertz CT molecular complexity index is 103. The molecule has 0 bridgehead atoms. The zero-order valence-corrected chi connectivity index (χ0v) is 7.65. The van der Waals surface area contributed by atoms with Crippen molar-refractivity contribution in [3.8, 4) is 0 Å². The molecule has 2 heteroatoms. The first-order chi connectivity index (χ1) is 5.33. The number of likely N-dealkylation sites (N-methyl/N-ethyl adjacent to an activating group) is 1. The van der Waals surface area contributed by atoms with Gasteiger partial charge in [-0.1, -0.05) is 19.3 Å². The smallest absolute Gasteiger partial charge is 0.0802 e. The lowest BCUT2D eigenvalue weighted by molar-refractivity contribution is -0.0362. The summed E-state index contributed by atoms with van der Waals surface area (Å²) in [5.41, 5.74) is 0.160. The van der Waals surface area contributed by atoms with E-state index in [1.165, 1.54) is 32.1 Å². The van der Waals surface area contributed by atoms with Crippen LogP contribution in [0.15, 0.2) is 0 Å². The van der Waals surface area contributed by atoms with Crippen molar-refractivity contribution in [3.63, 3.8) is 0 Å². The summed E-state index contributed by atoms with van der Waals surface area (Å²) in [5.74, 6) is 0. The van der Waals surface area contributed by atoms with Gasteiger partial charge >= 0.3 is 0 Å². The number of nitrogens with one attached hydrogen (secondary N) is 1. The minimum atomic E-state index is 0.160. The van der Waals surface area contributed by atoms with E-state index < -0.39 is 0 Å². The van der Waals surface area contributed by atoms with Crippen LogP contribution >= 0.6 is 0 Å². The van der Waals surface area contributed by atoms with Crippen molar-refractivity contribution in [1.29, 1.82) is 0 Å². The Kier molecular flexibility index (Phi) is 3.34. The lowest BCUT2D eigenvalue weighted by Crippen LogP contribution is -2.42. The van der Waals surface area contributed by atoms with Crippen molar-refractivity contribution < 1.29 is 4.74 Å². The zero-order chi connectivity index (χ0) is 8.16. The topological polar surface area (TPSA) is 21.3 Å². The molecule has 0 atom stereocenters. The first kappa shape index (κ1) is 9.01. The molecule has 0 aromatic heterocycles. The van der Waals surface area contributed by atoms with Crippen LogP contribution in [0.25, 0.3) is 0 Å². The molecule has 11 heavy (non-hydrogen) atoms. The molecule has 66 valence electrons. The molecule has 0 spiro atoms. The molecule has 0 radical (unpaired) electrons. The van der Waals surface area contributed by atoms with Crippen LogP contribution < -0.4 is 5.32 Å². The van der Waals surface area contributed by atoms with Crippen molar-refractivity contribution in [2.75, 3.05) is 20.7 Å². The lowest BCUT2D eigenvalue weighted by atomic mass is 9.84. The monoisotopic (exact) mass is 157 g/mol. The minimum Gasteiger partial charge on any atom is -0.377 e. The highest BCUT2D eigenvalue weighted by atomic mass is 16.5. The van der Waals surface area contributed by atoms with Crippen molar-refractivity contribution in [3.05, 3.63) is 0 Å². The molecule has 1 rings (SSSR count). The van der Waals surface area contributed by atoms with Crippen molar-refractivity contribution in [2.24, 2.45) is 0 Å². The highest BCUT2D eigenvalue weighted by molar-refractivity contribution is 4.85. The summed E-state index contributed by atoms with van der Waals surface area (Å²) in [6.07, 6.45) is 6.49. The van der Waals surface area contributed by atoms with Gasteiger partial charge in [-0.3, -0.25) is 0 Å². The Morgan fingerprint density at radius 2 is 1.91 bits per heavy atom. The van der Waals surface area contributed by atoms with Gasteiger partial charge in [-0.2, -0.15) is 0 Å². The largest absolute Gasteiger partial charge is 0.377 e. The molecule has 0 saturated heterocycles. The quantitative estimate of drug-likeness (QED) is 0.671. The number of methoxy groups -OCH3 is 1. The second kappa shape index (κ2) is 4.07. The standard InChI is InChI=1S/C9H19NO/c1-10-8-9(11-2)6-4-3-5-7-9/h10H,3-8H2,1-2H3. The van der Waals surface area contributed by atoms with E-state index >= 15 is 0 Å². The Morgan fingerprint density at radius 3 is 2.36 bits per heavy atom. The molecule has 1 aliphatic carbocycles. The summed E-state index contributed by atoms with van der Waals surface area (Å²) in [7, 11) is 3.83. The molecule has 1 fully saturated rings. The normalized spacial score (nSPS) is 23.5. The molecule has 1 saturated carbocycles. The van der Waals surface area contributed by atoms with E-state index in [1.807, 2.05) is 14.2 Å². The van der Waals surface area contributed by atoms with Gasteiger partial charge in [-0.05, 0) is 19.9 Å². The highest BCUT2D eigenvalue weighted by Crippen LogP contribution is 2.30. The molecule has 1 aliphatic rings. The summed E-state index contributed by atoms with van der Waals surface area (Å²) in [6, 6.07) is 0. The fourth-order valence-electron chi connectivity index (χ4n) is 1.97. The van der Waals surface area contributed by atoms with Gasteiger partial charge in [0.2, 0.25) is 0 Å². The zero-order valence-electron chi connectivity index (χ0n) is 7.65. The van der Waals surface area contributed by atoms with Crippen LogP contribution in [0.5, 0.6) is 0 Å². The SMILES string of the molecule is CNCC1(OC)CCCCC1. The van der Waals surface area contributed by atoms with E-state index in [1.54, 1.807) is 0 Å². The highest BCUT2D eigenvalue weighted by Gasteiger charge is 2.30. The average molecular weight is 157 g/mol. The summed E-state index contributed by atoms with van der Waals surface area (Å²) in [5, 5.41) is 3.20. The third-order valence-electron chi connectivity index (χ3n) is 2.70. The Labute approximate surface area is 69.3 Å². The van der Waals surface area contributed by atoms with Gasteiger partial charge in [0.1, 0.15) is 0 Å². The van der Waals surface area contributed by atoms with Gasteiger partial charge in [0, 0.05) is 13.7 Å². The van der Waals surface area contributed by atoms with Gasteiger partial charge in [-0.15, -0.1) is 0 Å². The summed E-state index contributed by atoms with van der Waals surface area (Å²) >= 11 is 0. The van der Waals surface area contributed by atoms with Gasteiger partial charge in [0.15, 0.2) is 0 Å². The Morgan fingerprint density at radius 1 is 1.27 bits per heavy atom. The lowest BCUT2D eigenvalue weighted by Gasteiger charge is -2.35. The van der Waals surface area contributed by atoms with Crippen LogP contribution in [-0.4, -0.2) is 26.3 Å². The Hall–Kier alpha value is -0.0800. The average Bonchev–Trinajstić information content (AvgIpc) is 2.07. The summed E-state index contributed by atoms with van der Waals surface area (Å²) in [6.45, 7) is 1.00. The van der Waals surface area contributed by atoms with E-state index in [-0.39, 0.29) is 5.60 Å². The van der Waals surface area contributed by atoms with Crippen LogP contribution in [0.1, 0.15) is 32.1 Å². The van der Waals surface area contributed by atoms with Crippen LogP contribution in [0, 0.1) is 0 Å². The number of hydrogen-bond acceptors (Lipinski definition) is 2. The second-order valence-electron chi connectivity index (χ2n) is 3.48. The van der Waals surface area contributed by atoms with Crippen LogP contribution in [0.3, 0.4) is 0 Å². The fraction of sp³-hybridized carbons (Fsp3) is 1.00. The molecular formula is C9H19NO. The predicted octanol–water partition coefficient (Wildman–Crippen LogP) is 1.56. The maximum absolute atomic E-state index is 5.56. The van der Waals surface area contributed by atoms with Gasteiger partial charge in [-0.25, -0.2) is 0 Å². The molecular weight excluding hydrogens is 138 g/mol. The van der Waals surface area contributed by atoms with Crippen LogP contribution in [-0.2, 0) is 4.74 Å². The molecule has 0 aliphatic heterocycles. The number of ether oxygens (including phenoxy) is 1. The Balaban J connectivity index is 2.42. The van der Waals surface area contributed by atoms with Crippen molar-refractivity contribution in [2.45, 2.75) is 37.7 Å². The third-order valence-corrected chi connectivity index (χ3v) is 2.70. The van der Waals surface area contributed by atoms with Crippen LogP contribution in [0.2, 0.25) is 0 Å². The summed E-state index contributed by atoms with van der Waals surface area (Å²) in [4.78, 5) is 0. The molecule has 0 heterocycles. The molecule has 0 unspecified atom stereocenters. The van der Waals surface area contributed by atoms with E-state index in [0.717, 1.165) is 6.54 Å². The molecule has 0 amide bonds. The first-order valence-corrected chi connectivity index (χ1v) is 4.53. The van der Waals surface area contributed by atoms with Crippen LogP contribution in [0.4, 0.5) is 0 Å². The van der Waals surface area contributed by atoms with E-state index in [9.17, 15) is 0 Å². The number of rotatable bonds is 3. The van der Waals surface area contributed by atoms with Gasteiger partial charge in [0.25, 0.3) is 0 Å². The van der Waals surface area contributed by atoms with Gasteiger partial charge < -0.3 is 10.1 Å². The fourth-order valence-corrected chi connectivity index (χ4v) is 1.97. The molecule has 0 aromatic rings. The van der Waals surface area contributed by atoms with E-state index in [2.05, 4.69) is 5.32 Å². The maximum Gasteiger partial charge on any atom is 0.0802 e. The summed E-state index contributed by atoms with van der Waals surface area (Å²) < 4.78 is 5.56. The minimum absolute atomic E-state index is 0.160. The van der Waals surface area contributed by atoms with Crippen molar-refractivity contribution in [1.82, 2.24) is 5.32 Å². The van der Waals surface area contributed by atoms with Gasteiger partial charge in [0.05, 0.1) is 5.60 Å². The third kappa shape index (κ3) is 2.17. The maximum atomic E-state index is 5.56. The molecule has 1 N–H and O–H groups in total. The second-order valence-corrected chi connectivity index (χ2v) is 3.48. The van der Waals surface area contributed by atoms with E-state index in [4.69, 9.17) is 4.74 Å². The van der Waals surface area contributed by atoms with E-state index in [0.29, 0.717) is 0 Å². The predicted molar refractivity (Wildman–Crippen MR) is 46.8 cm³/mol. The molecule has 2 nitrogen and oxygen atoms in total. The van der Waals surface area contributed by atoms with Crippen molar-refractivity contribution >= 4 is 0 Å². The number of hydrogen-bond donors (Lipinski definition) is 1. The molecule has 0 aromatic carbocycles.